The maximum atomic E-state index is 12.7. The van der Waals surface area contributed by atoms with Crippen molar-refractivity contribution in [3.8, 4) is 11.3 Å². The fourth-order valence-corrected chi connectivity index (χ4v) is 3.44. The first kappa shape index (κ1) is 17.7. The Balaban J connectivity index is 1.61. The van der Waals surface area contributed by atoms with Gasteiger partial charge < -0.3 is 14.6 Å². The lowest BCUT2D eigenvalue weighted by molar-refractivity contribution is 0.0656. The van der Waals surface area contributed by atoms with Crippen LogP contribution in [0.1, 0.15) is 42.3 Å². The van der Waals surface area contributed by atoms with E-state index in [0.29, 0.717) is 5.76 Å². The molecule has 3 rings (SSSR count). The molecule has 25 heavy (non-hydrogen) atoms. The summed E-state index contributed by atoms with van der Waals surface area (Å²) < 4.78 is 5.85. The third-order valence-corrected chi connectivity index (χ3v) is 5.17. The SMILES string of the molecule is CCc1ccc(-c2ccc(C(=O)N3CCC(CCNC)CC3)o2)cc1. The van der Waals surface area contributed by atoms with E-state index in [4.69, 9.17) is 4.42 Å². The highest BCUT2D eigenvalue weighted by atomic mass is 16.4. The van der Waals surface area contributed by atoms with Crippen LogP contribution in [0.15, 0.2) is 40.8 Å². The molecule has 1 fully saturated rings. The highest BCUT2D eigenvalue weighted by Crippen LogP contribution is 2.25. The lowest BCUT2D eigenvalue weighted by Crippen LogP contribution is -2.38. The number of piperidine rings is 1. The molecule has 134 valence electrons. The van der Waals surface area contributed by atoms with Gasteiger partial charge in [0.25, 0.3) is 5.91 Å². The molecule has 1 aromatic carbocycles. The minimum atomic E-state index is 0.0171. The number of likely N-dealkylation sites (tertiary alicyclic amines) is 1. The molecule has 2 heterocycles. The molecule has 2 aromatic rings. The summed E-state index contributed by atoms with van der Waals surface area (Å²) in [7, 11) is 1.99. The minimum absolute atomic E-state index is 0.0171. The van der Waals surface area contributed by atoms with Crippen LogP contribution in [0.2, 0.25) is 0 Å². The zero-order valence-corrected chi connectivity index (χ0v) is 15.3. The summed E-state index contributed by atoms with van der Waals surface area (Å²) in [6.07, 6.45) is 4.38. The summed E-state index contributed by atoms with van der Waals surface area (Å²) in [6.45, 7) is 4.85. The molecule has 4 nitrogen and oxygen atoms in total. The molecular weight excluding hydrogens is 312 g/mol. The van der Waals surface area contributed by atoms with E-state index in [1.807, 2.05) is 18.0 Å². The van der Waals surface area contributed by atoms with Gasteiger partial charge in [-0.05, 0) is 62.9 Å². The Bertz CT molecular complexity index is 682. The number of rotatable bonds is 6. The highest BCUT2D eigenvalue weighted by molar-refractivity contribution is 5.92. The Labute approximate surface area is 150 Å². The van der Waals surface area contributed by atoms with Gasteiger partial charge in [0.05, 0.1) is 0 Å². The molecule has 1 aliphatic rings. The van der Waals surface area contributed by atoms with E-state index in [1.165, 1.54) is 12.0 Å². The van der Waals surface area contributed by atoms with Crippen LogP contribution < -0.4 is 5.32 Å². The molecule has 1 aliphatic heterocycles. The fourth-order valence-electron chi connectivity index (χ4n) is 3.44. The Morgan fingerprint density at radius 3 is 2.52 bits per heavy atom. The number of carbonyl (C=O) groups excluding carboxylic acids is 1. The van der Waals surface area contributed by atoms with Gasteiger partial charge in [0, 0.05) is 18.7 Å². The van der Waals surface area contributed by atoms with Crippen LogP contribution in [0.5, 0.6) is 0 Å². The van der Waals surface area contributed by atoms with Crippen molar-refractivity contribution in [2.45, 2.75) is 32.6 Å². The molecule has 1 amide bonds. The Morgan fingerprint density at radius 2 is 1.88 bits per heavy atom. The smallest absolute Gasteiger partial charge is 0.289 e. The number of carbonyl (C=O) groups is 1. The Hall–Kier alpha value is -2.07. The Kier molecular flexibility index (Phi) is 5.92. The monoisotopic (exact) mass is 340 g/mol. The van der Waals surface area contributed by atoms with Crippen LogP contribution in [-0.4, -0.2) is 37.5 Å². The number of amides is 1. The summed E-state index contributed by atoms with van der Waals surface area (Å²) in [4.78, 5) is 14.6. The number of furan rings is 1. The number of aryl methyl sites for hydroxylation is 1. The predicted octanol–water partition coefficient (Wildman–Crippen LogP) is 3.97. The van der Waals surface area contributed by atoms with Crippen LogP contribution in [0.3, 0.4) is 0 Å². The van der Waals surface area contributed by atoms with Crippen molar-refractivity contribution in [2.75, 3.05) is 26.7 Å². The number of nitrogens with zero attached hydrogens (tertiary/aromatic N) is 1. The number of hydrogen-bond donors (Lipinski definition) is 1. The van der Waals surface area contributed by atoms with E-state index in [9.17, 15) is 4.79 Å². The molecule has 1 N–H and O–H groups in total. The molecule has 0 atom stereocenters. The first-order valence-corrected chi connectivity index (χ1v) is 9.34. The molecule has 0 aliphatic carbocycles. The average Bonchev–Trinajstić information content (AvgIpc) is 3.16. The maximum Gasteiger partial charge on any atom is 0.289 e. The molecule has 0 spiro atoms. The van der Waals surface area contributed by atoms with Crippen molar-refractivity contribution in [2.24, 2.45) is 5.92 Å². The normalized spacial score (nSPS) is 15.5. The summed E-state index contributed by atoms with van der Waals surface area (Å²) in [6, 6.07) is 12.0. The zero-order valence-electron chi connectivity index (χ0n) is 15.3. The molecule has 0 unspecified atom stereocenters. The molecule has 0 saturated carbocycles. The average molecular weight is 340 g/mol. The largest absolute Gasteiger partial charge is 0.451 e. The molecule has 4 heteroatoms. The second-order valence-electron chi connectivity index (χ2n) is 6.84. The van der Waals surface area contributed by atoms with E-state index in [2.05, 4.69) is 36.5 Å². The molecule has 0 bridgehead atoms. The van der Waals surface area contributed by atoms with Gasteiger partial charge >= 0.3 is 0 Å². The lowest BCUT2D eigenvalue weighted by atomic mass is 9.93. The third kappa shape index (κ3) is 4.31. The number of benzene rings is 1. The Morgan fingerprint density at radius 1 is 1.16 bits per heavy atom. The summed E-state index contributed by atoms with van der Waals surface area (Å²) in [5.41, 5.74) is 2.31. The predicted molar refractivity (Wildman–Crippen MR) is 101 cm³/mol. The lowest BCUT2D eigenvalue weighted by Gasteiger charge is -2.31. The van der Waals surface area contributed by atoms with Gasteiger partial charge in [-0.2, -0.15) is 0 Å². The van der Waals surface area contributed by atoms with Gasteiger partial charge in [-0.25, -0.2) is 0 Å². The van der Waals surface area contributed by atoms with Crippen molar-refractivity contribution in [1.29, 1.82) is 0 Å². The van der Waals surface area contributed by atoms with Crippen molar-refractivity contribution < 1.29 is 9.21 Å². The van der Waals surface area contributed by atoms with Crippen molar-refractivity contribution >= 4 is 5.91 Å². The van der Waals surface area contributed by atoms with Gasteiger partial charge in [0.15, 0.2) is 5.76 Å². The quantitative estimate of drug-likeness (QED) is 0.865. The second-order valence-corrected chi connectivity index (χ2v) is 6.84. The van der Waals surface area contributed by atoms with Crippen molar-refractivity contribution in [3.05, 3.63) is 47.7 Å². The van der Waals surface area contributed by atoms with Crippen LogP contribution in [0.4, 0.5) is 0 Å². The topological polar surface area (TPSA) is 45.5 Å². The van der Waals surface area contributed by atoms with E-state index >= 15 is 0 Å². The zero-order chi connectivity index (χ0) is 17.6. The van der Waals surface area contributed by atoms with Crippen LogP contribution in [-0.2, 0) is 6.42 Å². The standard InChI is InChI=1S/C21H28N2O2/c1-3-16-4-6-18(7-5-16)19-8-9-20(25-19)21(24)23-14-11-17(12-15-23)10-13-22-2/h4-9,17,22H,3,10-15H2,1-2H3. The van der Waals surface area contributed by atoms with Crippen LogP contribution in [0.25, 0.3) is 11.3 Å². The van der Waals surface area contributed by atoms with Gasteiger partial charge in [0.1, 0.15) is 5.76 Å². The van der Waals surface area contributed by atoms with Gasteiger partial charge in [-0.1, -0.05) is 31.2 Å². The maximum absolute atomic E-state index is 12.7. The number of nitrogens with one attached hydrogen (secondary N) is 1. The van der Waals surface area contributed by atoms with Crippen LogP contribution >= 0.6 is 0 Å². The van der Waals surface area contributed by atoms with Gasteiger partial charge in [-0.15, -0.1) is 0 Å². The fraction of sp³-hybridized carbons (Fsp3) is 0.476. The van der Waals surface area contributed by atoms with Gasteiger partial charge in [-0.3, -0.25) is 4.79 Å². The highest BCUT2D eigenvalue weighted by Gasteiger charge is 2.25. The minimum Gasteiger partial charge on any atom is -0.451 e. The van der Waals surface area contributed by atoms with E-state index < -0.39 is 0 Å². The number of hydrogen-bond acceptors (Lipinski definition) is 3. The van der Waals surface area contributed by atoms with E-state index in [0.717, 1.165) is 56.1 Å². The molecule has 1 saturated heterocycles. The van der Waals surface area contributed by atoms with Crippen molar-refractivity contribution in [3.63, 3.8) is 0 Å². The van der Waals surface area contributed by atoms with Crippen LogP contribution in [0, 0.1) is 5.92 Å². The summed E-state index contributed by atoms with van der Waals surface area (Å²) in [5, 5.41) is 3.20. The van der Waals surface area contributed by atoms with E-state index in [-0.39, 0.29) is 5.91 Å². The van der Waals surface area contributed by atoms with E-state index in [1.54, 1.807) is 6.07 Å². The first-order valence-electron chi connectivity index (χ1n) is 9.34. The third-order valence-electron chi connectivity index (χ3n) is 5.17. The van der Waals surface area contributed by atoms with Crippen molar-refractivity contribution in [1.82, 2.24) is 10.2 Å². The second kappa shape index (κ2) is 8.34. The first-order chi connectivity index (χ1) is 12.2. The summed E-state index contributed by atoms with van der Waals surface area (Å²) >= 11 is 0. The molecule has 0 radical (unpaired) electrons. The van der Waals surface area contributed by atoms with Gasteiger partial charge in [0.2, 0.25) is 0 Å². The summed E-state index contributed by atoms with van der Waals surface area (Å²) in [5.74, 6) is 1.95. The molecular formula is C21H28N2O2. The molecule has 1 aromatic heterocycles.